The van der Waals surface area contributed by atoms with Crippen LogP contribution >= 0.6 is 0 Å². The highest BCUT2D eigenvalue weighted by atomic mass is 16.5. The Hall–Kier alpha value is -5.08. The normalized spacial score (nSPS) is 12.7. The van der Waals surface area contributed by atoms with Gasteiger partial charge < -0.3 is 14.6 Å². The molecule has 0 unspecified atom stereocenters. The Bertz CT molecular complexity index is 1450. The van der Waals surface area contributed by atoms with Crippen molar-refractivity contribution in [2.24, 2.45) is 0 Å². The molecule has 1 aliphatic rings. The van der Waals surface area contributed by atoms with E-state index in [-0.39, 0.29) is 29.8 Å². The van der Waals surface area contributed by atoms with Gasteiger partial charge >= 0.3 is 5.97 Å². The minimum Gasteiger partial charge on any atom is -0.493 e. The number of esters is 1. The topological polar surface area (TPSA) is 110 Å². The number of carbonyl (C=O) groups is 4. The number of amides is 2. The van der Waals surface area contributed by atoms with Crippen LogP contribution in [0.5, 0.6) is 5.75 Å². The lowest BCUT2D eigenvalue weighted by Gasteiger charge is -2.13. The fourth-order valence-electron chi connectivity index (χ4n) is 3.81. The second kappa shape index (κ2) is 13.1. The molecule has 8 heteroatoms. The lowest BCUT2D eigenvalue weighted by atomic mass is 10.0. The maximum absolute atomic E-state index is 12.7. The Morgan fingerprint density at radius 1 is 0.825 bits per heavy atom. The van der Waals surface area contributed by atoms with Crippen molar-refractivity contribution in [3.63, 3.8) is 0 Å². The first kappa shape index (κ1) is 27.9. The Labute approximate surface area is 231 Å². The van der Waals surface area contributed by atoms with Gasteiger partial charge in [-0.25, -0.2) is 9.69 Å². The standard InChI is InChI=1S/C32H27NO7/c1-22(21-34)32(38)40-20-2-19-39-28-14-10-25(11-15-28)24-6-8-26(9-7-24)29(35)16-5-23-3-12-27(13-4-23)33-30(36)17-18-31(33)37/h3-18,34H,1-2,19-21H2/b16-5+. The highest BCUT2D eigenvalue weighted by Gasteiger charge is 2.24. The number of ketones is 1. The van der Waals surface area contributed by atoms with Crippen molar-refractivity contribution in [3.05, 3.63) is 114 Å². The third kappa shape index (κ3) is 7.06. The van der Waals surface area contributed by atoms with Gasteiger partial charge in [-0.2, -0.15) is 0 Å². The largest absolute Gasteiger partial charge is 0.493 e. The molecule has 0 atom stereocenters. The summed E-state index contributed by atoms with van der Waals surface area (Å²) in [5.74, 6) is -0.850. The number of hydrogen-bond donors (Lipinski definition) is 1. The third-order valence-electron chi connectivity index (χ3n) is 6.01. The number of allylic oxidation sites excluding steroid dienone is 1. The molecule has 0 fully saturated rings. The van der Waals surface area contributed by atoms with Crippen LogP contribution in [0.3, 0.4) is 0 Å². The van der Waals surface area contributed by atoms with E-state index in [1.807, 2.05) is 36.4 Å². The fourth-order valence-corrected chi connectivity index (χ4v) is 3.81. The van der Waals surface area contributed by atoms with E-state index >= 15 is 0 Å². The van der Waals surface area contributed by atoms with Gasteiger partial charge in [-0.05, 0) is 47.0 Å². The van der Waals surface area contributed by atoms with E-state index in [0.29, 0.717) is 30.0 Å². The van der Waals surface area contributed by atoms with Crippen LogP contribution in [0.25, 0.3) is 17.2 Å². The molecule has 1 heterocycles. The van der Waals surface area contributed by atoms with E-state index in [2.05, 4.69) is 6.58 Å². The van der Waals surface area contributed by atoms with Crippen LogP contribution in [0.2, 0.25) is 0 Å². The minimum atomic E-state index is -0.615. The highest BCUT2D eigenvalue weighted by Crippen LogP contribution is 2.24. The molecule has 1 aliphatic heterocycles. The monoisotopic (exact) mass is 537 g/mol. The van der Waals surface area contributed by atoms with Crippen molar-refractivity contribution in [2.45, 2.75) is 6.42 Å². The van der Waals surface area contributed by atoms with Crippen molar-refractivity contribution in [3.8, 4) is 16.9 Å². The number of hydrogen-bond acceptors (Lipinski definition) is 7. The van der Waals surface area contributed by atoms with Gasteiger partial charge in [-0.15, -0.1) is 0 Å². The van der Waals surface area contributed by atoms with Gasteiger partial charge in [0.25, 0.3) is 11.8 Å². The predicted molar refractivity (Wildman–Crippen MR) is 151 cm³/mol. The summed E-state index contributed by atoms with van der Waals surface area (Å²) >= 11 is 0. The number of carbonyl (C=O) groups excluding carboxylic acids is 4. The molecule has 0 saturated carbocycles. The number of aliphatic hydroxyl groups is 1. The van der Waals surface area contributed by atoms with Gasteiger partial charge in [0.15, 0.2) is 5.78 Å². The first-order chi connectivity index (χ1) is 19.4. The number of rotatable bonds is 12. The summed E-state index contributed by atoms with van der Waals surface area (Å²) in [7, 11) is 0. The molecule has 0 spiro atoms. The molecular formula is C32H27NO7. The van der Waals surface area contributed by atoms with E-state index in [1.54, 1.807) is 42.5 Å². The molecule has 0 aliphatic carbocycles. The Morgan fingerprint density at radius 3 is 2.02 bits per heavy atom. The van der Waals surface area contributed by atoms with E-state index < -0.39 is 12.6 Å². The summed E-state index contributed by atoms with van der Waals surface area (Å²) in [6.07, 6.45) is 6.13. The van der Waals surface area contributed by atoms with Crippen LogP contribution in [-0.2, 0) is 19.1 Å². The third-order valence-corrected chi connectivity index (χ3v) is 6.01. The van der Waals surface area contributed by atoms with E-state index in [0.717, 1.165) is 21.6 Å². The molecule has 4 rings (SSSR count). The summed E-state index contributed by atoms with van der Waals surface area (Å²) < 4.78 is 10.6. The van der Waals surface area contributed by atoms with Crippen molar-refractivity contribution >= 4 is 35.3 Å². The molecular weight excluding hydrogens is 510 g/mol. The summed E-state index contributed by atoms with van der Waals surface area (Å²) in [5.41, 5.74) is 3.70. The van der Waals surface area contributed by atoms with Crippen LogP contribution in [0, 0.1) is 0 Å². The second-order valence-corrected chi connectivity index (χ2v) is 8.84. The molecule has 8 nitrogen and oxygen atoms in total. The quantitative estimate of drug-likeness (QED) is 0.119. The van der Waals surface area contributed by atoms with Crippen molar-refractivity contribution in [2.75, 3.05) is 24.7 Å². The summed E-state index contributed by atoms with van der Waals surface area (Å²) in [6, 6.07) is 21.6. The predicted octanol–water partition coefficient (Wildman–Crippen LogP) is 4.54. The summed E-state index contributed by atoms with van der Waals surface area (Å²) in [4.78, 5) is 48.8. The number of benzene rings is 3. The second-order valence-electron chi connectivity index (χ2n) is 8.84. The average molecular weight is 538 g/mol. The smallest absolute Gasteiger partial charge is 0.335 e. The minimum absolute atomic E-state index is 0.0167. The Kier molecular flexibility index (Phi) is 9.17. The zero-order valence-electron chi connectivity index (χ0n) is 21.6. The molecule has 202 valence electrons. The van der Waals surface area contributed by atoms with E-state index in [4.69, 9.17) is 14.6 Å². The van der Waals surface area contributed by atoms with Crippen molar-refractivity contribution in [1.29, 1.82) is 0 Å². The molecule has 40 heavy (non-hydrogen) atoms. The Morgan fingerprint density at radius 2 is 1.43 bits per heavy atom. The SMILES string of the molecule is C=C(CO)C(=O)OCCCOc1ccc(-c2ccc(C(=O)/C=C/c3ccc(N4C(=O)C=CC4=O)cc3)cc2)cc1. The molecule has 2 amide bonds. The maximum atomic E-state index is 12.7. The Balaban J connectivity index is 1.26. The van der Waals surface area contributed by atoms with Gasteiger partial charge in [0.05, 0.1) is 31.1 Å². The van der Waals surface area contributed by atoms with Crippen LogP contribution in [0.4, 0.5) is 5.69 Å². The lowest BCUT2D eigenvalue weighted by molar-refractivity contribution is -0.139. The summed E-state index contributed by atoms with van der Waals surface area (Å²) in [5, 5.41) is 8.85. The number of imide groups is 1. The zero-order chi connectivity index (χ0) is 28.5. The van der Waals surface area contributed by atoms with Crippen LogP contribution in [0.15, 0.2) is 103 Å². The summed E-state index contributed by atoms with van der Waals surface area (Å²) in [6.45, 7) is 3.51. The number of nitrogens with zero attached hydrogens (tertiary/aromatic N) is 1. The molecule has 0 aromatic heterocycles. The van der Waals surface area contributed by atoms with Gasteiger partial charge in [0, 0.05) is 24.1 Å². The molecule has 0 saturated heterocycles. The highest BCUT2D eigenvalue weighted by molar-refractivity contribution is 6.28. The van der Waals surface area contributed by atoms with Crippen LogP contribution in [-0.4, -0.2) is 48.5 Å². The van der Waals surface area contributed by atoms with E-state index in [9.17, 15) is 19.2 Å². The average Bonchev–Trinajstić information content (AvgIpc) is 3.33. The molecule has 3 aromatic carbocycles. The van der Waals surface area contributed by atoms with Crippen LogP contribution < -0.4 is 9.64 Å². The fraction of sp³-hybridized carbons (Fsp3) is 0.125. The van der Waals surface area contributed by atoms with Gasteiger partial charge in [0.1, 0.15) is 5.75 Å². The van der Waals surface area contributed by atoms with E-state index in [1.165, 1.54) is 18.2 Å². The lowest BCUT2D eigenvalue weighted by Crippen LogP contribution is -2.29. The molecule has 3 aromatic rings. The molecule has 0 radical (unpaired) electrons. The molecule has 1 N–H and O–H groups in total. The number of aliphatic hydroxyl groups excluding tert-OH is 1. The molecule has 0 bridgehead atoms. The van der Waals surface area contributed by atoms with Gasteiger partial charge in [0.2, 0.25) is 0 Å². The maximum Gasteiger partial charge on any atom is 0.335 e. The van der Waals surface area contributed by atoms with Crippen molar-refractivity contribution < 1.29 is 33.8 Å². The van der Waals surface area contributed by atoms with Gasteiger partial charge in [-0.1, -0.05) is 61.2 Å². The first-order valence-electron chi connectivity index (χ1n) is 12.5. The van der Waals surface area contributed by atoms with Crippen molar-refractivity contribution in [1.82, 2.24) is 0 Å². The first-order valence-corrected chi connectivity index (χ1v) is 12.5. The van der Waals surface area contributed by atoms with Crippen LogP contribution in [0.1, 0.15) is 22.3 Å². The zero-order valence-corrected chi connectivity index (χ0v) is 21.6. The number of anilines is 1. The number of ether oxygens (including phenoxy) is 2. The van der Waals surface area contributed by atoms with Gasteiger partial charge in [-0.3, -0.25) is 14.4 Å².